The van der Waals surface area contributed by atoms with Gasteiger partial charge in [0.15, 0.2) is 5.82 Å². The molecule has 2 heterocycles. The van der Waals surface area contributed by atoms with Crippen LogP contribution in [0.5, 0.6) is 0 Å². The highest BCUT2D eigenvalue weighted by molar-refractivity contribution is 9.10. The molecule has 0 fully saturated rings. The van der Waals surface area contributed by atoms with Gasteiger partial charge in [0.25, 0.3) is 0 Å². The zero-order valence-corrected chi connectivity index (χ0v) is 23.6. The molecule has 13 heteroatoms. The molecule has 1 N–H and O–H groups in total. The number of nitrogens with zero attached hydrogens (tertiary/aromatic N) is 2. The molecule has 3 aromatic rings. The summed E-state index contributed by atoms with van der Waals surface area (Å²) in [5.41, 5.74) is -0.659. The number of aromatic nitrogens is 2. The van der Waals surface area contributed by atoms with Gasteiger partial charge < -0.3 is 23.4 Å². The van der Waals surface area contributed by atoms with E-state index in [1.807, 2.05) is 35.7 Å². The summed E-state index contributed by atoms with van der Waals surface area (Å²) in [6.45, 7) is 7.04. The van der Waals surface area contributed by atoms with Gasteiger partial charge in [-0.15, -0.1) is 11.3 Å². The van der Waals surface area contributed by atoms with E-state index in [1.54, 1.807) is 27.7 Å². The Kier molecular flexibility index (Phi) is 9.83. The molecule has 0 unspecified atom stereocenters. The molecule has 0 atom stereocenters. The van der Waals surface area contributed by atoms with Gasteiger partial charge in [0.05, 0.1) is 31.8 Å². The van der Waals surface area contributed by atoms with Crippen LogP contribution in [0.3, 0.4) is 0 Å². The minimum absolute atomic E-state index is 0.0780. The SMILES string of the molecule is CCOP(=O)(OCC)C(Nc1nc(-c2cccc(Br)c2)nc2sccc12)P(=O)(OCC)OCC. The first-order valence-corrected chi connectivity index (χ1v) is 15.7. The second-order valence-electron chi connectivity index (χ2n) is 6.81. The van der Waals surface area contributed by atoms with Crippen molar-refractivity contribution in [3.63, 3.8) is 0 Å². The van der Waals surface area contributed by atoms with Crippen molar-refractivity contribution < 1.29 is 27.2 Å². The summed E-state index contributed by atoms with van der Waals surface area (Å²) in [6, 6.07) is 9.41. The quantitative estimate of drug-likeness (QED) is 0.204. The average Bonchev–Trinajstić information content (AvgIpc) is 3.27. The molecule has 34 heavy (non-hydrogen) atoms. The zero-order chi connectivity index (χ0) is 24.8. The number of thiophene rings is 1. The fraction of sp³-hybridized carbons (Fsp3) is 0.429. The first-order chi connectivity index (χ1) is 16.3. The van der Waals surface area contributed by atoms with Crippen LogP contribution in [0.1, 0.15) is 27.7 Å². The van der Waals surface area contributed by atoms with Crippen LogP contribution >= 0.6 is 42.5 Å². The molecule has 0 aliphatic rings. The Morgan fingerprint density at radius 2 is 1.53 bits per heavy atom. The molecule has 0 saturated heterocycles. The van der Waals surface area contributed by atoms with Gasteiger partial charge in [-0.05, 0) is 51.3 Å². The third kappa shape index (κ3) is 6.15. The van der Waals surface area contributed by atoms with E-state index in [4.69, 9.17) is 23.1 Å². The number of halogens is 1. The molecule has 9 nitrogen and oxygen atoms in total. The Hall–Kier alpha value is -1.16. The lowest BCUT2D eigenvalue weighted by Crippen LogP contribution is -2.26. The van der Waals surface area contributed by atoms with Crippen LogP contribution in [0.25, 0.3) is 21.6 Å². The first kappa shape index (κ1) is 27.4. The maximum absolute atomic E-state index is 13.9. The summed E-state index contributed by atoms with van der Waals surface area (Å²) >= 11 is 4.90. The number of hydrogen-bond donors (Lipinski definition) is 1. The second-order valence-corrected chi connectivity index (χ2v) is 13.3. The van der Waals surface area contributed by atoms with Crippen molar-refractivity contribution in [3.05, 3.63) is 40.2 Å². The molecule has 0 bridgehead atoms. The number of nitrogens with one attached hydrogen (secondary N) is 1. The largest absolute Gasteiger partial charge is 0.365 e. The highest BCUT2D eigenvalue weighted by Gasteiger charge is 2.51. The van der Waals surface area contributed by atoms with Gasteiger partial charge in [0.2, 0.25) is 5.52 Å². The van der Waals surface area contributed by atoms with Gasteiger partial charge in [0, 0.05) is 10.0 Å². The Bertz CT molecular complexity index is 1160. The van der Waals surface area contributed by atoms with Crippen molar-refractivity contribution in [2.75, 3.05) is 31.7 Å². The molecule has 2 aromatic heterocycles. The first-order valence-electron chi connectivity index (χ1n) is 10.9. The smallest absolute Gasteiger partial charge is 0.346 e. The van der Waals surface area contributed by atoms with E-state index in [9.17, 15) is 9.13 Å². The van der Waals surface area contributed by atoms with Crippen LogP contribution in [0.15, 0.2) is 40.2 Å². The molecule has 0 saturated carbocycles. The van der Waals surface area contributed by atoms with E-state index >= 15 is 0 Å². The second kappa shape index (κ2) is 12.2. The van der Waals surface area contributed by atoms with Crippen LogP contribution in [-0.4, -0.2) is 41.9 Å². The lowest BCUT2D eigenvalue weighted by Gasteiger charge is -2.32. The summed E-state index contributed by atoms with van der Waals surface area (Å²) in [5, 5.41) is 5.62. The Morgan fingerprint density at radius 1 is 0.941 bits per heavy atom. The molecule has 0 amide bonds. The van der Waals surface area contributed by atoms with E-state index in [0.717, 1.165) is 10.0 Å². The summed E-state index contributed by atoms with van der Waals surface area (Å²) in [4.78, 5) is 10.1. The van der Waals surface area contributed by atoms with Crippen molar-refractivity contribution in [1.82, 2.24) is 9.97 Å². The highest BCUT2D eigenvalue weighted by Crippen LogP contribution is 2.70. The topological polar surface area (TPSA) is 109 Å². The van der Waals surface area contributed by atoms with Gasteiger partial charge in [-0.25, -0.2) is 9.97 Å². The molecule has 1 aromatic carbocycles. The number of hydrogen-bond acceptors (Lipinski definition) is 10. The third-order valence-corrected chi connectivity index (χ3v) is 11.4. The lowest BCUT2D eigenvalue weighted by atomic mass is 10.2. The Morgan fingerprint density at radius 3 is 2.06 bits per heavy atom. The van der Waals surface area contributed by atoms with Crippen LogP contribution < -0.4 is 5.32 Å². The molecular formula is C21H28BrN3O6P2S. The van der Waals surface area contributed by atoms with E-state index in [2.05, 4.69) is 26.2 Å². The van der Waals surface area contributed by atoms with E-state index in [0.29, 0.717) is 21.9 Å². The van der Waals surface area contributed by atoms with Crippen molar-refractivity contribution in [3.8, 4) is 11.4 Å². The fourth-order valence-electron chi connectivity index (χ4n) is 3.25. The minimum Gasteiger partial charge on any atom is -0.346 e. The van der Waals surface area contributed by atoms with Crippen LogP contribution in [0.4, 0.5) is 5.82 Å². The maximum Gasteiger partial charge on any atom is 0.365 e. The third-order valence-electron chi connectivity index (χ3n) is 4.51. The summed E-state index contributed by atoms with van der Waals surface area (Å²) in [6.07, 6.45) is 0. The van der Waals surface area contributed by atoms with E-state index in [-0.39, 0.29) is 26.4 Å². The van der Waals surface area contributed by atoms with Gasteiger partial charge in [0.1, 0.15) is 10.6 Å². The Labute approximate surface area is 211 Å². The van der Waals surface area contributed by atoms with Crippen molar-refractivity contribution in [2.45, 2.75) is 33.2 Å². The molecule has 0 radical (unpaired) electrons. The summed E-state index contributed by atoms with van der Waals surface area (Å²) in [5.74, 6) is 0.772. The maximum atomic E-state index is 13.9. The molecule has 0 aliphatic heterocycles. The van der Waals surface area contributed by atoms with Crippen molar-refractivity contribution in [2.24, 2.45) is 0 Å². The molecule has 186 valence electrons. The van der Waals surface area contributed by atoms with Gasteiger partial charge in [-0.2, -0.15) is 0 Å². The van der Waals surface area contributed by atoms with E-state index < -0.39 is 20.7 Å². The molecule has 3 rings (SSSR count). The average molecular weight is 592 g/mol. The van der Waals surface area contributed by atoms with Gasteiger partial charge >= 0.3 is 15.2 Å². The minimum atomic E-state index is -4.02. The fourth-order valence-corrected chi connectivity index (χ4v) is 9.32. The predicted octanol–water partition coefficient (Wildman–Crippen LogP) is 7.35. The zero-order valence-electron chi connectivity index (χ0n) is 19.4. The molecular weight excluding hydrogens is 564 g/mol. The number of rotatable bonds is 13. The number of benzene rings is 1. The van der Waals surface area contributed by atoms with Gasteiger partial charge in [-0.1, -0.05) is 28.1 Å². The Balaban J connectivity index is 2.18. The standard InChI is InChI=1S/C21H28BrN3O6P2S/c1-5-28-32(26,29-6-2)21(33(27,30-7-3)31-8-4)25-19-17-12-13-34-20(17)24-18(23-19)15-10-9-11-16(22)14-15/h9-14,21H,5-8H2,1-4H3,(H,23,24,25). The monoisotopic (exact) mass is 591 g/mol. The van der Waals surface area contributed by atoms with Crippen LogP contribution in [0, 0.1) is 0 Å². The normalized spacial score (nSPS) is 12.5. The van der Waals surface area contributed by atoms with Crippen LogP contribution in [0.2, 0.25) is 0 Å². The molecule has 0 spiro atoms. The number of anilines is 1. The molecule has 0 aliphatic carbocycles. The lowest BCUT2D eigenvalue weighted by molar-refractivity contribution is 0.198. The van der Waals surface area contributed by atoms with Crippen molar-refractivity contribution in [1.29, 1.82) is 0 Å². The summed E-state index contributed by atoms with van der Waals surface area (Å²) in [7, 11) is -8.04. The summed E-state index contributed by atoms with van der Waals surface area (Å²) < 4.78 is 50.9. The highest BCUT2D eigenvalue weighted by atomic mass is 79.9. The van der Waals surface area contributed by atoms with E-state index in [1.165, 1.54) is 11.3 Å². The predicted molar refractivity (Wildman–Crippen MR) is 140 cm³/mol. The van der Waals surface area contributed by atoms with Crippen molar-refractivity contribution >= 4 is 58.5 Å². The van der Waals surface area contributed by atoms with Crippen LogP contribution in [-0.2, 0) is 27.2 Å². The van der Waals surface area contributed by atoms with Gasteiger partial charge in [-0.3, -0.25) is 9.13 Å². The number of fused-ring (bicyclic) bond motifs is 1.